The van der Waals surface area contributed by atoms with Crippen LogP contribution in [0.15, 0.2) is 53.9 Å². The van der Waals surface area contributed by atoms with Gasteiger partial charge in [-0.1, -0.05) is 40.9 Å². The van der Waals surface area contributed by atoms with Crippen LogP contribution in [0.1, 0.15) is 40.0 Å². The van der Waals surface area contributed by atoms with Crippen LogP contribution in [0.25, 0.3) is 0 Å². The smallest absolute Gasteiger partial charge is 0.275 e. The largest absolute Gasteiger partial charge is 0.333 e. The predicted molar refractivity (Wildman–Crippen MR) is 111 cm³/mol. The van der Waals surface area contributed by atoms with Gasteiger partial charge in [-0.25, -0.2) is 0 Å². The van der Waals surface area contributed by atoms with E-state index in [0.717, 1.165) is 36.1 Å². The van der Waals surface area contributed by atoms with Gasteiger partial charge in [-0.05, 0) is 59.6 Å². The quantitative estimate of drug-likeness (QED) is 0.723. The first-order valence-corrected chi connectivity index (χ1v) is 10.5. The third kappa shape index (κ3) is 3.31. The SMILES string of the molecule is O=C(c1csnn1)N1CCc2ccc(NC(=O)C3(c4ccccc4)CC3)cc2C1. The number of rotatable bonds is 4. The molecule has 2 aromatic carbocycles. The molecule has 0 unspecified atom stereocenters. The van der Waals surface area contributed by atoms with Gasteiger partial charge < -0.3 is 10.2 Å². The fourth-order valence-electron chi connectivity index (χ4n) is 4.01. The van der Waals surface area contributed by atoms with Crippen molar-refractivity contribution in [1.82, 2.24) is 14.5 Å². The maximum atomic E-state index is 13.0. The summed E-state index contributed by atoms with van der Waals surface area (Å²) in [6.45, 7) is 1.17. The second-order valence-electron chi connectivity index (χ2n) is 7.65. The molecule has 29 heavy (non-hydrogen) atoms. The minimum Gasteiger partial charge on any atom is -0.333 e. The summed E-state index contributed by atoms with van der Waals surface area (Å²) in [5, 5.41) is 8.66. The van der Waals surface area contributed by atoms with Crippen LogP contribution < -0.4 is 5.32 Å². The molecule has 7 heteroatoms. The van der Waals surface area contributed by atoms with Crippen LogP contribution in [0.3, 0.4) is 0 Å². The Bertz CT molecular complexity index is 1060. The molecule has 5 rings (SSSR count). The zero-order valence-electron chi connectivity index (χ0n) is 15.8. The van der Waals surface area contributed by atoms with Crippen molar-refractivity contribution in [1.29, 1.82) is 0 Å². The van der Waals surface area contributed by atoms with Crippen molar-refractivity contribution in [3.63, 3.8) is 0 Å². The second-order valence-corrected chi connectivity index (χ2v) is 8.26. The van der Waals surface area contributed by atoms with Crippen molar-refractivity contribution in [2.75, 3.05) is 11.9 Å². The van der Waals surface area contributed by atoms with Gasteiger partial charge in [-0.2, -0.15) is 0 Å². The molecule has 1 aliphatic heterocycles. The Morgan fingerprint density at radius 1 is 1.07 bits per heavy atom. The molecule has 6 nitrogen and oxygen atoms in total. The molecule has 3 aromatic rings. The first-order valence-electron chi connectivity index (χ1n) is 9.71. The molecule has 0 bridgehead atoms. The first kappa shape index (κ1) is 18.0. The van der Waals surface area contributed by atoms with Crippen molar-refractivity contribution < 1.29 is 9.59 Å². The van der Waals surface area contributed by atoms with Crippen LogP contribution in [0.4, 0.5) is 5.69 Å². The standard InChI is InChI=1S/C22H20N4O2S/c27-20(19-14-29-25-24-19)26-11-8-15-6-7-18(12-16(15)13-26)23-21(28)22(9-10-22)17-4-2-1-3-5-17/h1-7,12,14H,8-11,13H2,(H,23,28). The number of hydrogen-bond acceptors (Lipinski definition) is 5. The molecule has 1 aliphatic carbocycles. The summed E-state index contributed by atoms with van der Waals surface area (Å²) in [5.41, 5.74) is 4.12. The lowest BCUT2D eigenvalue weighted by Crippen LogP contribution is -2.36. The number of hydrogen-bond donors (Lipinski definition) is 1. The van der Waals surface area contributed by atoms with Gasteiger partial charge in [-0.3, -0.25) is 9.59 Å². The molecule has 2 aliphatic rings. The minimum atomic E-state index is -0.406. The van der Waals surface area contributed by atoms with E-state index < -0.39 is 5.41 Å². The number of amides is 2. The Morgan fingerprint density at radius 2 is 1.90 bits per heavy atom. The second kappa shape index (κ2) is 7.08. The van der Waals surface area contributed by atoms with Gasteiger partial charge in [0.05, 0.1) is 5.41 Å². The van der Waals surface area contributed by atoms with Crippen LogP contribution >= 0.6 is 11.5 Å². The van der Waals surface area contributed by atoms with Crippen molar-refractivity contribution in [3.05, 3.63) is 76.3 Å². The van der Waals surface area contributed by atoms with E-state index in [1.54, 1.807) is 10.3 Å². The molecular weight excluding hydrogens is 384 g/mol. The molecule has 2 heterocycles. The molecule has 0 spiro atoms. The van der Waals surface area contributed by atoms with Gasteiger partial charge in [0.25, 0.3) is 5.91 Å². The van der Waals surface area contributed by atoms with Gasteiger partial charge in [0.1, 0.15) is 0 Å². The number of benzene rings is 2. The van der Waals surface area contributed by atoms with E-state index in [1.165, 1.54) is 17.1 Å². The lowest BCUT2D eigenvalue weighted by atomic mass is 9.94. The molecule has 1 saturated carbocycles. The zero-order chi connectivity index (χ0) is 19.8. The van der Waals surface area contributed by atoms with Crippen molar-refractivity contribution in [2.24, 2.45) is 0 Å². The maximum Gasteiger partial charge on any atom is 0.275 e. The Hall–Kier alpha value is -3.06. The van der Waals surface area contributed by atoms with Crippen molar-refractivity contribution in [2.45, 2.75) is 31.2 Å². The summed E-state index contributed by atoms with van der Waals surface area (Å²) in [7, 11) is 0. The number of nitrogens with zero attached hydrogens (tertiary/aromatic N) is 3. The molecule has 1 fully saturated rings. The Balaban J connectivity index is 1.33. The Labute approximate surface area is 172 Å². The topological polar surface area (TPSA) is 75.2 Å². The fraction of sp³-hybridized carbons (Fsp3) is 0.273. The van der Waals surface area contributed by atoms with Gasteiger partial charge in [0.15, 0.2) is 5.69 Å². The summed E-state index contributed by atoms with van der Waals surface area (Å²) in [5.74, 6) is -0.0548. The van der Waals surface area contributed by atoms with Gasteiger partial charge in [0.2, 0.25) is 5.91 Å². The summed E-state index contributed by atoms with van der Waals surface area (Å²) in [4.78, 5) is 27.4. The summed E-state index contributed by atoms with van der Waals surface area (Å²) in [6.07, 6.45) is 2.54. The predicted octanol–water partition coefficient (Wildman–Crippen LogP) is 3.41. The third-order valence-corrected chi connectivity index (χ3v) is 6.36. The molecule has 146 valence electrons. The highest BCUT2D eigenvalue weighted by Crippen LogP contribution is 2.49. The van der Waals surface area contributed by atoms with E-state index in [4.69, 9.17) is 0 Å². The third-order valence-electron chi connectivity index (χ3n) is 5.85. The van der Waals surface area contributed by atoms with E-state index in [1.807, 2.05) is 42.5 Å². The van der Waals surface area contributed by atoms with E-state index in [0.29, 0.717) is 18.8 Å². The van der Waals surface area contributed by atoms with Crippen molar-refractivity contribution >= 4 is 29.0 Å². The lowest BCUT2D eigenvalue weighted by Gasteiger charge is -2.28. The average molecular weight is 404 g/mol. The highest BCUT2D eigenvalue weighted by atomic mass is 32.1. The van der Waals surface area contributed by atoms with Crippen LogP contribution in [0, 0.1) is 0 Å². The molecular formula is C22H20N4O2S. The van der Waals surface area contributed by atoms with Gasteiger partial charge in [-0.15, -0.1) is 5.10 Å². The summed E-state index contributed by atoms with van der Waals surface area (Å²) >= 11 is 1.18. The maximum absolute atomic E-state index is 13.0. The van der Waals surface area contributed by atoms with E-state index in [-0.39, 0.29) is 11.8 Å². The van der Waals surface area contributed by atoms with Crippen LogP contribution in [-0.2, 0) is 23.2 Å². The Kier molecular flexibility index (Phi) is 4.39. The number of aromatic nitrogens is 2. The highest BCUT2D eigenvalue weighted by molar-refractivity contribution is 7.03. The van der Waals surface area contributed by atoms with E-state index >= 15 is 0 Å². The fourth-order valence-corrected chi connectivity index (χ4v) is 4.44. The highest BCUT2D eigenvalue weighted by Gasteiger charge is 2.51. The number of nitrogens with one attached hydrogen (secondary N) is 1. The van der Waals surface area contributed by atoms with E-state index in [2.05, 4.69) is 21.0 Å². The van der Waals surface area contributed by atoms with Gasteiger partial charge >= 0.3 is 0 Å². The van der Waals surface area contributed by atoms with Crippen LogP contribution in [0.5, 0.6) is 0 Å². The zero-order valence-corrected chi connectivity index (χ0v) is 16.6. The Morgan fingerprint density at radius 3 is 2.62 bits per heavy atom. The molecule has 0 radical (unpaired) electrons. The normalized spacial score (nSPS) is 16.8. The molecule has 0 saturated heterocycles. The monoisotopic (exact) mass is 404 g/mol. The summed E-state index contributed by atoms with van der Waals surface area (Å²) < 4.78 is 3.78. The van der Waals surface area contributed by atoms with Crippen LogP contribution in [-0.4, -0.2) is 32.8 Å². The van der Waals surface area contributed by atoms with Crippen molar-refractivity contribution in [3.8, 4) is 0 Å². The minimum absolute atomic E-state index is 0.0425. The summed E-state index contributed by atoms with van der Waals surface area (Å²) in [6, 6.07) is 16.0. The van der Waals surface area contributed by atoms with E-state index in [9.17, 15) is 9.59 Å². The lowest BCUT2D eigenvalue weighted by molar-refractivity contribution is -0.118. The molecule has 2 amide bonds. The number of anilines is 1. The van der Waals surface area contributed by atoms with Crippen LogP contribution in [0.2, 0.25) is 0 Å². The first-order chi connectivity index (χ1) is 14.2. The average Bonchev–Trinajstić information content (AvgIpc) is 3.40. The molecule has 0 atom stereocenters. The molecule has 1 N–H and O–H groups in total. The van der Waals surface area contributed by atoms with Gasteiger partial charge in [0, 0.05) is 24.2 Å². The number of carbonyl (C=O) groups excluding carboxylic acids is 2. The number of fused-ring (bicyclic) bond motifs is 1. The number of carbonyl (C=O) groups is 2. The molecule has 1 aromatic heterocycles.